The quantitative estimate of drug-likeness (QED) is 0.484. The van der Waals surface area contributed by atoms with Gasteiger partial charge < -0.3 is 24.8 Å². The second-order valence-electron chi connectivity index (χ2n) is 9.52. The normalized spacial score (nSPS) is 18.4. The van der Waals surface area contributed by atoms with E-state index in [1.165, 1.54) is 33.4 Å². The van der Waals surface area contributed by atoms with Gasteiger partial charge in [0.05, 0.1) is 0 Å². The SMILES string of the molecule is CC1=Cc2c(C)ccc(C)c2[CH]1[Zr+2]([CH3])([CH3])[CH]1C(C)=Cc2c(C)ccc(C)c21.[Cl-].[Cl-].[SiH4]. The number of aryl methyl sites for hydroxylation is 4. The van der Waals surface area contributed by atoms with Gasteiger partial charge in [-0.05, 0) is 11.0 Å². The van der Waals surface area contributed by atoms with Gasteiger partial charge in [-0.2, -0.15) is 0 Å². The van der Waals surface area contributed by atoms with E-state index in [1.54, 1.807) is 22.3 Å². The monoisotopic (exact) mass is 536 g/mol. The Morgan fingerprint density at radius 2 is 0.867 bits per heavy atom. The summed E-state index contributed by atoms with van der Waals surface area (Å²) in [5.74, 6) is 0. The largest absolute Gasteiger partial charge is 1.00 e. The topological polar surface area (TPSA) is 0 Å². The van der Waals surface area contributed by atoms with Gasteiger partial charge in [-0.25, -0.2) is 0 Å². The smallest absolute Gasteiger partial charge is 0.0149 e. The van der Waals surface area contributed by atoms with Gasteiger partial charge in [0.1, 0.15) is 0 Å². The summed E-state index contributed by atoms with van der Waals surface area (Å²) in [6, 6.07) is 9.28. The minimum absolute atomic E-state index is 0. The van der Waals surface area contributed by atoms with Crippen molar-refractivity contribution >= 4 is 23.1 Å². The Hall–Kier alpha value is -0.400. The molecule has 0 saturated carbocycles. The summed E-state index contributed by atoms with van der Waals surface area (Å²) in [4.78, 5) is 0. The van der Waals surface area contributed by atoms with Crippen LogP contribution in [-0.2, 0) is 20.3 Å². The molecule has 0 aromatic heterocycles. The van der Waals surface area contributed by atoms with E-state index >= 15 is 0 Å². The van der Waals surface area contributed by atoms with Crippen LogP contribution in [0.1, 0.15) is 65.6 Å². The Balaban J connectivity index is 0.00000150. The van der Waals surface area contributed by atoms with Crippen LogP contribution in [0.2, 0.25) is 9.26 Å². The maximum atomic E-state index is 2.70. The number of hydrogen-bond acceptors (Lipinski definition) is 0. The summed E-state index contributed by atoms with van der Waals surface area (Å²) >= 11 is -2.65. The molecule has 0 N–H and O–H groups in total. The molecule has 0 bridgehead atoms. The number of halogens is 2. The van der Waals surface area contributed by atoms with E-state index in [9.17, 15) is 0 Å². The summed E-state index contributed by atoms with van der Waals surface area (Å²) in [7, 11) is 0. The van der Waals surface area contributed by atoms with E-state index < -0.39 is 20.3 Å². The van der Waals surface area contributed by atoms with Crippen molar-refractivity contribution in [2.45, 2.75) is 58.1 Å². The zero-order chi connectivity index (χ0) is 19.7. The minimum atomic E-state index is -2.65. The number of benzene rings is 2. The number of fused-ring (bicyclic) bond motifs is 2. The molecule has 0 fully saturated rings. The molecule has 30 heavy (non-hydrogen) atoms. The third kappa shape index (κ3) is 4.03. The molecule has 0 nitrogen and oxygen atoms in total. The first-order valence-electron chi connectivity index (χ1n) is 10.2. The minimum Gasteiger partial charge on any atom is -1.00 e. The van der Waals surface area contributed by atoms with E-state index in [1.807, 2.05) is 0 Å². The van der Waals surface area contributed by atoms with Crippen LogP contribution in [0.5, 0.6) is 0 Å². The zero-order valence-electron chi connectivity index (χ0n) is 18.9. The van der Waals surface area contributed by atoms with Gasteiger partial charge in [0, 0.05) is 0 Å². The molecular formula is C26H36Cl2SiZr. The molecule has 0 spiro atoms. The second-order valence-corrected chi connectivity index (χ2v) is 21.3. The summed E-state index contributed by atoms with van der Waals surface area (Å²) < 4.78 is 6.75. The van der Waals surface area contributed by atoms with Crippen LogP contribution in [-0.4, -0.2) is 11.0 Å². The predicted octanol–water partition coefficient (Wildman–Crippen LogP) is 0.343. The van der Waals surface area contributed by atoms with Crippen LogP contribution in [0.25, 0.3) is 12.2 Å². The summed E-state index contributed by atoms with van der Waals surface area (Å²) in [6.07, 6.45) is 5.00. The molecule has 2 aliphatic carbocycles. The van der Waals surface area contributed by atoms with Crippen LogP contribution in [0.4, 0.5) is 0 Å². The van der Waals surface area contributed by atoms with Crippen molar-refractivity contribution in [3.8, 4) is 0 Å². The zero-order valence-corrected chi connectivity index (χ0v) is 22.8. The van der Waals surface area contributed by atoms with Crippen molar-refractivity contribution in [3.05, 3.63) is 79.9 Å². The van der Waals surface area contributed by atoms with Crippen molar-refractivity contribution in [2.24, 2.45) is 0 Å². The fourth-order valence-electron chi connectivity index (χ4n) is 6.02. The summed E-state index contributed by atoms with van der Waals surface area (Å²) in [5.41, 5.74) is 15.4. The van der Waals surface area contributed by atoms with E-state index in [2.05, 4.69) is 87.2 Å². The molecular weight excluding hydrogens is 503 g/mol. The van der Waals surface area contributed by atoms with E-state index in [-0.39, 0.29) is 35.8 Å². The molecule has 0 aliphatic heterocycles. The van der Waals surface area contributed by atoms with Crippen LogP contribution in [0.3, 0.4) is 0 Å². The average molecular weight is 539 g/mol. The van der Waals surface area contributed by atoms with Gasteiger partial charge in [-0.1, -0.05) is 0 Å². The standard InChI is InChI=1S/2C12H13.2CH3.2ClH.H4Si.Zr/c2*1-8-6-11-9(2)4-5-10(3)12(11)7-8;;;;;;/h2*4-7H,1-3H3;2*1H3;2*1H;1H4;/q;;;;;;;+2/p-2. The number of rotatable bonds is 2. The molecule has 0 radical (unpaired) electrons. The number of hydrogen-bond donors (Lipinski definition) is 0. The van der Waals surface area contributed by atoms with Gasteiger partial charge >= 0.3 is 170 Å². The Kier molecular flexibility index (Phi) is 8.86. The van der Waals surface area contributed by atoms with Crippen LogP contribution in [0.15, 0.2) is 35.4 Å². The van der Waals surface area contributed by atoms with Crippen LogP contribution >= 0.6 is 0 Å². The average Bonchev–Trinajstić information content (AvgIpc) is 3.14. The Labute approximate surface area is 204 Å². The van der Waals surface area contributed by atoms with Crippen molar-refractivity contribution in [1.29, 1.82) is 0 Å². The van der Waals surface area contributed by atoms with E-state index in [0.29, 0.717) is 7.25 Å². The first-order valence-corrected chi connectivity index (χ1v) is 18.0. The van der Waals surface area contributed by atoms with Crippen LogP contribution < -0.4 is 24.8 Å². The molecule has 2 aromatic carbocycles. The Morgan fingerprint density at radius 1 is 0.567 bits per heavy atom. The number of allylic oxidation sites excluding steroid dienone is 2. The van der Waals surface area contributed by atoms with Crippen molar-refractivity contribution in [2.75, 3.05) is 0 Å². The third-order valence-electron chi connectivity index (χ3n) is 7.17. The molecule has 2 aliphatic rings. The Bertz CT molecular complexity index is 952. The maximum absolute atomic E-state index is 2.70. The van der Waals surface area contributed by atoms with E-state index in [0.717, 1.165) is 0 Å². The molecule has 0 heterocycles. The maximum Gasteiger partial charge on any atom is -0.0149 e. The first kappa shape index (κ1) is 27.6. The molecule has 2 atom stereocenters. The van der Waals surface area contributed by atoms with Crippen molar-refractivity contribution in [1.82, 2.24) is 0 Å². The molecule has 2 unspecified atom stereocenters. The van der Waals surface area contributed by atoms with Gasteiger partial charge in [0.2, 0.25) is 0 Å². The van der Waals surface area contributed by atoms with Crippen molar-refractivity contribution < 1.29 is 45.1 Å². The predicted molar refractivity (Wildman–Crippen MR) is 128 cm³/mol. The second kappa shape index (κ2) is 9.62. The molecule has 2 aromatic rings. The summed E-state index contributed by atoms with van der Waals surface area (Å²) in [6.45, 7) is 14.0. The van der Waals surface area contributed by atoms with Gasteiger partial charge in [-0.3, -0.25) is 0 Å². The van der Waals surface area contributed by atoms with Gasteiger partial charge in [-0.15, -0.1) is 0 Å². The molecule has 4 heteroatoms. The molecule has 0 amide bonds. The molecule has 0 saturated heterocycles. The Morgan fingerprint density at radius 3 is 1.20 bits per heavy atom. The van der Waals surface area contributed by atoms with Gasteiger partial charge in [0.25, 0.3) is 0 Å². The molecule has 162 valence electrons. The fourth-order valence-corrected chi connectivity index (χ4v) is 18.6. The van der Waals surface area contributed by atoms with Crippen LogP contribution in [0, 0.1) is 27.7 Å². The third-order valence-corrected chi connectivity index (χ3v) is 18.1. The van der Waals surface area contributed by atoms with Gasteiger partial charge in [0.15, 0.2) is 0 Å². The summed E-state index contributed by atoms with van der Waals surface area (Å²) in [5, 5.41) is 0. The first-order chi connectivity index (χ1) is 12.6. The molecule has 4 rings (SSSR count). The van der Waals surface area contributed by atoms with E-state index in [4.69, 9.17) is 0 Å². The van der Waals surface area contributed by atoms with Crippen molar-refractivity contribution in [3.63, 3.8) is 0 Å². The fraction of sp³-hybridized carbons (Fsp3) is 0.385.